The molecule has 106 valence electrons. The Bertz CT molecular complexity index is 777. The van der Waals surface area contributed by atoms with E-state index in [0.29, 0.717) is 10.6 Å². The zero-order valence-corrected chi connectivity index (χ0v) is 12.1. The fraction of sp³-hybridized carbons (Fsp3) is 0.118. The zero-order valence-electron chi connectivity index (χ0n) is 11.4. The maximum atomic E-state index is 12.2. The second-order valence-corrected chi connectivity index (χ2v) is 5.13. The van der Waals surface area contributed by atoms with Crippen LogP contribution in [0.2, 0.25) is 5.02 Å². The van der Waals surface area contributed by atoms with Crippen LogP contribution in [0.4, 0.5) is 0 Å². The summed E-state index contributed by atoms with van der Waals surface area (Å²) in [6.45, 7) is 0. The number of furan rings is 1. The number of carbonyl (C=O) groups is 1. The van der Waals surface area contributed by atoms with Crippen molar-refractivity contribution < 1.29 is 13.9 Å². The van der Waals surface area contributed by atoms with E-state index in [9.17, 15) is 4.79 Å². The van der Waals surface area contributed by atoms with E-state index in [0.717, 1.165) is 16.5 Å². The highest BCUT2D eigenvalue weighted by molar-refractivity contribution is 6.31. The number of halogens is 1. The normalized spacial score (nSPS) is 12.3. The molecule has 0 spiro atoms. The molecule has 21 heavy (non-hydrogen) atoms. The Morgan fingerprint density at radius 2 is 1.95 bits per heavy atom. The van der Waals surface area contributed by atoms with Gasteiger partial charge in [-0.15, -0.1) is 0 Å². The van der Waals surface area contributed by atoms with Gasteiger partial charge in [0, 0.05) is 16.0 Å². The monoisotopic (exact) mass is 300 g/mol. The van der Waals surface area contributed by atoms with Gasteiger partial charge >= 0.3 is 5.97 Å². The van der Waals surface area contributed by atoms with Gasteiger partial charge in [0.2, 0.25) is 0 Å². The lowest BCUT2D eigenvalue weighted by Gasteiger charge is -2.14. The van der Waals surface area contributed by atoms with E-state index < -0.39 is 5.92 Å². The van der Waals surface area contributed by atoms with Crippen LogP contribution in [0, 0.1) is 0 Å². The molecular weight excluding hydrogens is 288 g/mol. The fourth-order valence-electron chi connectivity index (χ4n) is 2.45. The van der Waals surface area contributed by atoms with E-state index in [2.05, 4.69) is 0 Å². The number of esters is 1. The van der Waals surface area contributed by atoms with Crippen molar-refractivity contribution >= 4 is 28.5 Å². The molecule has 0 saturated carbocycles. The molecule has 1 heterocycles. The minimum atomic E-state index is -0.515. The molecule has 3 aromatic rings. The van der Waals surface area contributed by atoms with Gasteiger partial charge in [-0.05, 0) is 23.8 Å². The molecule has 0 radical (unpaired) electrons. The van der Waals surface area contributed by atoms with Crippen molar-refractivity contribution in [3.05, 3.63) is 70.9 Å². The quantitative estimate of drug-likeness (QED) is 0.673. The lowest BCUT2D eigenvalue weighted by atomic mass is 9.91. The number of rotatable bonds is 3. The third-order valence-corrected chi connectivity index (χ3v) is 3.68. The summed E-state index contributed by atoms with van der Waals surface area (Å²) in [6, 6.07) is 14.9. The lowest BCUT2D eigenvalue weighted by Crippen LogP contribution is -2.15. The molecule has 2 aromatic carbocycles. The van der Waals surface area contributed by atoms with Crippen LogP contribution in [-0.4, -0.2) is 13.1 Å². The van der Waals surface area contributed by atoms with Gasteiger partial charge in [-0.2, -0.15) is 0 Å². The summed E-state index contributed by atoms with van der Waals surface area (Å²) in [5, 5.41) is 1.45. The number of benzene rings is 2. The van der Waals surface area contributed by atoms with E-state index in [4.69, 9.17) is 20.8 Å². The minimum Gasteiger partial charge on any atom is -0.468 e. The summed E-state index contributed by atoms with van der Waals surface area (Å²) in [6.07, 6.45) is 1.59. The predicted molar refractivity (Wildman–Crippen MR) is 81.5 cm³/mol. The van der Waals surface area contributed by atoms with E-state index >= 15 is 0 Å². The Balaban J connectivity index is 2.17. The second kappa shape index (κ2) is 5.62. The second-order valence-electron chi connectivity index (χ2n) is 4.70. The first-order chi connectivity index (χ1) is 10.2. The van der Waals surface area contributed by atoms with Crippen molar-refractivity contribution in [3.8, 4) is 0 Å². The third kappa shape index (κ3) is 2.52. The smallest absolute Gasteiger partial charge is 0.317 e. The molecule has 0 N–H and O–H groups in total. The average molecular weight is 301 g/mol. The molecule has 0 saturated heterocycles. The van der Waals surface area contributed by atoms with Crippen molar-refractivity contribution in [2.75, 3.05) is 7.11 Å². The molecule has 0 aliphatic heterocycles. The number of hydrogen-bond acceptors (Lipinski definition) is 3. The number of fused-ring (bicyclic) bond motifs is 1. The molecule has 0 amide bonds. The molecule has 0 fully saturated rings. The maximum absolute atomic E-state index is 12.2. The standard InChI is InChI=1S/C17H13ClO3/c1-20-17(19)16(11-5-3-2-4-6-11)14-10-21-15-9-12(18)7-8-13(14)15/h2-10,16H,1H3. The number of carbonyl (C=O) groups excluding carboxylic acids is 1. The van der Waals surface area contributed by atoms with Gasteiger partial charge < -0.3 is 9.15 Å². The van der Waals surface area contributed by atoms with Crippen LogP contribution in [-0.2, 0) is 9.53 Å². The first kappa shape index (κ1) is 13.7. The molecule has 0 aliphatic carbocycles. The van der Waals surface area contributed by atoms with Crippen LogP contribution in [0.3, 0.4) is 0 Å². The Labute approximate surface area is 127 Å². The van der Waals surface area contributed by atoms with Gasteiger partial charge in [-0.25, -0.2) is 0 Å². The van der Waals surface area contributed by atoms with Crippen LogP contribution >= 0.6 is 11.6 Å². The molecule has 0 bridgehead atoms. The van der Waals surface area contributed by atoms with Crippen LogP contribution in [0.5, 0.6) is 0 Å². The summed E-state index contributed by atoms with van der Waals surface area (Å²) in [4.78, 5) is 12.2. The summed E-state index contributed by atoms with van der Waals surface area (Å²) < 4.78 is 10.5. The highest BCUT2D eigenvalue weighted by Crippen LogP contribution is 2.34. The van der Waals surface area contributed by atoms with Crippen molar-refractivity contribution in [2.45, 2.75) is 5.92 Å². The Hall–Kier alpha value is -2.26. The van der Waals surface area contributed by atoms with Gasteiger partial charge in [0.15, 0.2) is 0 Å². The summed E-state index contributed by atoms with van der Waals surface area (Å²) in [5.41, 5.74) is 2.30. The molecule has 4 heteroatoms. The molecular formula is C17H13ClO3. The average Bonchev–Trinajstić information content (AvgIpc) is 2.91. The molecule has 3 nitrogen and oxygen atoms in total. The third-order valence-electron chi connectivity index (χ3n) is 3.45. The van der Waals surface area contributed by atoms with Crippen LogP contribution in [0.25, 0.3) is 11.0 Å². The molecule has 1 atom stereocenters. The maximum Gasteiger partial charge on any atom is 0.317 e. The SMILES string of the molecule is COC(=O)C(c1ccccc1)c1coc2cc(Cl)ccc12. The minimum absolute atomic E-state index is 0.321. The van der Waals surface area contributed by atoms with Gasteiger partial charge in [-0.3, -0.25) is 4.79 Å². The largest absolute Gasteiger partial charge is 0.468 e. The van der Waals surface area contributed by atoms with Crippen molar-refractivity contribution in [3.63, 3.8) is 0 Å². The summed E-state index contributed by atoms with van der Waals surface area (Å²) >= 11 is 5.96. The molecule has 0 aliphatic rings. The van der Waals surface area contributed by atoms with Crippen LogP contribution < -0.4 is 0 Å². The molecule has 1 unspecified atom stereocenters. The topological polar surface area (TPSA) is 39.4 Å². The van der Waals surface area contributed by atoms with Crippen molar-refractivity contribution in [1.29, 1.82) is 0 Å². The first-order valence-corrected chi connectivity index (χ1v) is 6.88. The predicted octanol–water partition coefficient (Wildman–Crippen LogP) is 4.39. The van der Waals surface area contributed by atoms with Crippen molar-refractivity contribution in [1.82, 2.24) is 0 Å². The lowest BCUT2D eigenvalue weighted by molar-refractivity contribution is -0.141. The number of hydrogen-bond donors (Lipinski definition) is 0. The summed E-state index contributed by atoms with van der Waals surface area (Å²) in [7, 11) is 1.39. The molecule has 1 aromatic heterocycles. The van der Waals surface area contributed by atoms with E-state index in [1.807, 2.05) is 36.4 Å². The fourth-order valence-corrected chi connectivity index (χ4v) is 2.61. The Morgan fingerprint density at radius 1 is 1.19 bits per heavy atom. The van der Waals surface area contributed by atoms with Gasteiger partial charge in [0.1, 0.15) is 11.5 Å². The van der Waals surface area contributed by atoms with Crippen molar-refractivity contribution in [2.24, 2.45) is 0 Å². The zero-order chi connectivity index (χ0) is 14.8. The van der Waals surface area contributed by atoms with Gasteiger partial charge in [0.25, 0.3) is 0 Å². The molecule has 3 rings (SSSR count). The Morgan fingerprint density at radius 3 is 2.67 bits per heavy atom. The van der Waals surface area contributed by atoms with E-state index in [-0.39, 0.29) is 5.97 Å². The van der Waals surface area contributed by atoms with Crippen LogP contribution in [0.1, 0.15) is 17.0 Å². The highest BCUT2D eigenvalue weighted by Gasteiger charge is 2.27. The first-order valence-electron chi connectivity index (χ1n) is 6.50. The number of ether oxygens (including phenoxy) is 1. The Kier molecular flexibility index (Phi) is 3.67. The van der Waals surface area contributed by atoms with E-state index in [1.54, 1.807) is 18.4 Å². The number of methoxy groups -OCH3 is 1. The van der Waals surface area contributed by atoms with E-state index in [1.165, 1.54) is 7.11 Å². The highest BCUT2D eigenvalue weighted by atomic mass is 35.5. The van der Waals surface area contributed by atoms with Gasteiger partial charge in [-0.1, -0.05) is 41.9 Å². The summed E-state index contributed by atoms with van der Waals surface area (Å²) in [5.74, 6) is -0.836. The van der Waals surface area contributed by atoms with Gasteiger partial charge in [0.05, 0.1) is 13.4 Å². The van der Waals surface area contributed by atoms with Crippen LogP contribution in [0.15, 0.2) is 59.2 Å².